The minimum atomic E-state index is -0.950. The van der Waals surface area contributed by atoms with E-state index in [4.69, 9.17) is 9.47 Å². The second kappa shape index (κ2) is 9.60. The number of ketones is 1. The molecule has 136 valence electrons. The van der Waals surface area contributed by atoms with E-state index in [1.165, 1.54) is 6.92 Å². The summed E-state index contributed by atoms with van der Waals surface area (Å²) in [7, 11) is 0. The first-order valence-electron chi connectivity index (χ1n) is 8.34. The molecule has 0 aliphatic heterocycles. The molecule has 1 aromatic rings. The number of hydrogen-bond acceptors (Lipinski definition) is 4. The molecule has 0 unspecified atom stereocenters. The highest BCUT2D eigenvalue weighted by Crippen LogP contribution is 2.26. The highest BCUT2D eigenvalue weighted by atomic mass is 16.5. The first-order chi connectivity index (χ1) is 11.0. The third-order valence-corrected chi connectivity index (χ3v) is 3.60. The average molecular weight is 336 g/mol. The van der Waals surface area contributed by atoms with Crippen LogP contribution >= 0.6 is 0 Å². The van der Waals surface area contributed by atoms with E-state index in [9.17, 15) is 9.90 Å². The smallest absolute Gasteiger partial charge is 0.160 e. The summed E-state index contributed by atoms with van der Waals surface area (Å²) in [6, 6.07) is 7.36. The Morgan fingerprint density at radius 2 is 1.58 bits per heavy atom. The molecule has 0 aliphatic rings. The van der Waals surface area contributed by atoms with Gasteiger partial charge in [0.25, 0.3) is 0 Å². The van der Waals surface area contributed by atoms with Crippen LogP contribution in [-0.4, -0.2) is 35.3 Å². The van der Waals surface area contributed by atoms with Crippen molar-refractivity contribution in [1.82, 2.24) is 0 Å². The SMILES string of the molecule is C=C(c1ccc(OCCOC(C)(C)C(C)=O)cc1)C(C)(C)O.CC. The van der Waals surface area contributed by atoms with Crippen molar-refractivity contribution in [2.45, 2.75) is 59.7 Å². The van der Waals surface area contributed by atoms with E-state index in [1.807, 2.05) is 38.1 Å². The summed E-state index contributed by atoms with van der Waals surface area (Å²) in [6.45, 7) is 17.0. The molecule has 0 fully saturated rings. The summed E-state index contributed by atoms with van der Waals surface area (Å²) in [4.78, 5) is 11.3. The van der Waals surface area contributed by atoms with Crippen molar-refractivity contribution in [2.24, 2.45) is 0 Å². The molecule has 0 spiro atoms. The highest BCUT2D eigenvalue weighted by molar-refractivity contribution is 5.83. The lowest BCUT2D eigenvalue weighted by Gasteiger charge is -2.22. The van der Waals surface area contributed by atoms with E-state index in [1.54, 1.807) is 27.7 Å². The zero-order chi connectivity index (χ0) is 19.0. The molecule has 0 heterocycles. The second-order valence-corrected chi connectivity index (χ2v) is 6.33. The molecule has 0 saturated carbocycles. The van der Waals surface area contributed by atoms with Crippen LogP contribution in [0.15, 0.2) is 30.8 Å². The minimum absolute atomic E-state index is 0.0121. The molecule has 1 N–H and O–H groups in total. The predicted molar refractivity (Wildman–Crippen MR) is 99.3 cm³/mol. The summed E-state index contributed by atoms with van der Waals surface area (Å²) in [6.07, 6.45) is 0. The molecule has 0 atom stereocenters. The number of ether oxygens (including phenoxy) is 2. The van der Waals surface area contributed by atoms with Gasteiger partial charge in [-0.05, 0) is 57.9 Å². The molecule has 0 bridgehead atoms. The van der Waals surface area contributed by atoms with Crippen molar-refractivity contribution >= 4 is 11.4 Å². The van der Waals surface area contributed by atoms with Gasteiger partial charge in [-0.25, -0.2) is 0 Å². The van der Waals surface area contributed by atoms with Gasteiger partial charge in [-0.15, -0.1) is 0 Å². The summed E-state index contributed by atoms with van der Waals surface area (Å²) in [5, 5.41) is 9.93. The maximum Gasteiger partial charge on any atom is 0.160 e. The second-order valence-electron chi connectivity index (χ2n) is 6.33. The Balaban J connectivity index is 0.00000254. The van der Waals surface area contributed by atoms with E-state index in [2.05, 4.69) is 6.58 Å². The fourth-order valence-corrected chi connectivity index (χ4v) is 1.66. The maximum absolute atomic E-state index is 11.3. The molecular formula is C20H32O4. The Kier molecular flexibility index (Phi) is 8.94. The van der Waals surface area contributed by atoms with Gasteiger partial charge in [0.1, 0.15) is 18.0 Å². The molecule has 4 heteroatoms. The summed E-state index contributed by atoms with van der Waals surface area (Å²) < 4.78 is 11.1. The minimum Gasteiger partial charge on any atom is -0.491 e. The van der Waals surface area contributed by atoms with Gasteiger partial charge in [-0.2, -0.15) is 0 Å². The zero-order valence-electron chi connectivity index (χ0n) is 16.1. The van der Waals surface area contributed by atoms with Crippen LogP contribution in [0.25, 0.3) is 5.57 Å². The van der Waals surface area contributed by atoms with Gasteiger partial charge in [0, 0.05) is 0 Å². The number of carbonyl (C=O) groups is 1. The third-order valence-electron chi connectivity index (χ3n) is 3.60. The maximum atomic E-state index is 11.3. The quantitative estimate of drug-likeness (QED) is 0.721. The van der Waals surface area contributed by atoms with Crippen molar-refractivity contribution in [3.8, 4) is 5.75 Å². The first kappa shape index (κ1) is 22.4. The van der Waals surface area contributed by atoms with Crippen LogP contribution in [0.2, 0.25) is 0 Å². The Bertz CT molecular complexity index is 522. The fourth-order valence-electron chi connectivity index (χ4n) is 1.66. The molecule has 1 aromatic carbocycles. The van der Waals surface area contributed by atoms with Gasteiger partial charge in [-0.1, -0.05) is 32.6 Å². The third kappa shape index (κ3) is 7.28. The molecule has 0 aliphatic carbocycles. The van der Waals surface area contributed by atoms with Gasteiger partial charge in [0.2, 0.25) is 0 Å². The molecule has 0 aromatic heterocycles. The fraction of sp³-hybridized carbons (Fsp3) is 0.550. The number of rotatable bonds is 8. The zero-order valence-corrected chi connectivity index (χ0v) is 16.1. The van der Waals surface area contributed by atoms with E-state index >= 15 is 0 Å². The van der Waals surface area contributed by atoms with E-state index in [-0.39, 0.29) is 5.78 Å². The highest BCUT2D eigenvalue weighted by Gasteiger charge is 2.23. The molecule has 4 nitrogen and oxygen atoms in total. The lowest BCUT2D eigenvalue weighted by molar-refractivity contribution is -0.138. The van der Waals surface area contributed by atoms with Crippen LogP contribution in [0.5, 0.6) is 5.75 Å². The number of hydrogen-bond donors (Lipinski definition) is 1. The van der Waals surface area contributed by atoms with Crippen LogP contribution in [0.4, 0.5) is 0 Å². The number of benzene rings is 1. The molecule has 0 saturated heterocycles. The summed E-state index contributed by atoms with van der Waals surface area (Å²) in [5.74, 6) is 0.693. The number of Topliss-reactive ketones (excluding diaryl/α,β-unsaturated/α-hetero) is 1. The lowest BCUT2D eigenvalue weighted by Crippen LogP contribution is -2.34. The molecular weight excluding hydrogens is 304 g/mol. The Morgan fingerprint density at radius 1 is 1.08 bits per heavy atom. The normalized spacial score (nSPS) is 11.3. The Hall–Kier alpha value is -1.65. The number of aliphatic hydroxyl groups is 1. The van der Waals surface area contributed by atoms with Gasteiger partial charge < -0.3 is 14.6 Å². The largest absolute Gasteiger partial charge is 0.491 e. The van der Waals surface area contributed by atoms with Crippen LogP contribution in [0.3, 0.4) is 0 Å². The topological polar surface area (TPSA) is 55.8 Å². The van der Waals surface area contributed by atoms with Crippen molar-refractivity contribution in [1.29, 1.82) is 0 Å². The van der Waals surface area contributed by atoms with Crippen molar-refractivity contribution in [2.75, 3.05) is 13.2 Å². The summed E-state index contributed by atoms with van der Waals surface area (Å²) >= 11 is 0. The predicted octanol–water partition coefficient (Wildman–Crippen LogP) is 4.26. The van der Waals surface area contributed by atoms with E-state index < -0.39 is 11.2 Å². The van der Waals surface area contributed by atoms with Crippen LogP contribution in [0.1, 0.15) is 54.0 Å². The van der Waals surface area contributed by atoms with Crippen molar-refractivity contribution < 1.29 is 19.4 Å². The van der Waals surface area contributed by atoms with Gasteiger partial charge in [0.05, 0.1) is 12.2 Å². The van der Waals surface area contributed by atoms with Crippen LogP contribution < -0.4 is 4.74 Å². The van der Waals surface area contributed by atoms with Gasteiger partial charge in [-0.3, -0.25) is 4.79 Å². The van der Waals surface area contributed by atoms with Crippen LogP contribution in [0, 0.1) is 0 Å². The Labute approximate surface area is 146 Å². The van der Waals surface area contributed by atoms with Crippen molar-refractivity contribution in [3.63, 3.8) is 0 Å². The lowest BCUT2D eigenvalue weighted by atomic mass is 9.93. The molecule has 1 rings (SSSR count). The number of carbonyl (C=O) groups excluding carboxylic acids is 1. The van der Waals surface area contributed by atoms with Crippen molar-refractivity contribution in [3.05, 3.63) is 36.4 Å². The Morgan fingerprint density at radius 3 is 2.00 bits per heavy atom. The standard InChI is InChI=1S/C18H26O4.C2H6/c1-13(17(3,4)20)15-7-9-16(10-8-15)21-11-12-22-18(5,6)14(2)19;1-2/h7-10,20H,1,11-12H2,2-6H3;1-2H3. The monoisotopic (exact) mass is 336 g/mol. The van der Waals surface area contributed by atoms with Gasteiger partial charge >= 0.3 is 0 Å². The van der Waals surface area contributed by atoms with Gasteiger partial charge in [0.15, 0.2) is 5.78 Å². The van der Waals surface area contributed by atoms with E-state index in [0.717, 1.165) is 5.56 Å². The van der Waals surface area contributed by atoms with E-state index in [0.29, 0.717) is 24.5 Å². The molecule has 0 amide bonds. The molecule has 24 heavy (non-hydrogen) atoms. The first-order valence-corrected chi connectivity index (χ1v) is 8.34. The average Bonchev–Trinajstić information content (AvgIpc) is 2.52. The molecule has 0 radical (unpaired) electrons. The summed E-state index contributed by atoms with van der Waals surface area (Å²) in [5.41, 5.74) is -0.203. The van der Waals surface area contributed by atoms with Crippen LogP contribution in [-0.2, 0) is 9.53 Å².